The number of carbonyl (C=O) groups excluding carboxylic acids is 1. The largest absolute Gasteiger partial charge is 0.312 e. The van der Waals surface area contributed by atoms with Gasteiger partial charge in [-0.25, -0.2) is 0 Å². The molecule has 5 heteroatoms. The van der Waals surface area contributed by atoms with Crippen LogP contribution in [0.1, 0.15) is 66.6 Å². The summed E-state index contributed by atoms with van der Waals surface area (Å²) in [7, 11) is 0. The fourth-order valence-electron chi connectivity index (χ4n) is 5.64. The van der Waals surface area contributed by atoms with E-state index in [2.05, 4.69) is 75.9 Å². The number of carbonyl (C=O) groups is 1. The summed E-state index contributed by atoms with van der Waals surface area (Å²) in [5.74, 6) is 0.109. The van der Waals surface area contributed by atoms with E-state index in [9.17, 15) is 10.0 Å². The van der Waals surface area contributed by atoms with Crippen LogP contribution in [0.15, 0.2) is 47.1 Å². The number of benzene rings is 2. The molecule has 0 aromatic heterocycles. The van der Waals surface area contributed by atoms with Gasteiger partial charge in [0, 0.05) is 63.5 Å². The van der Waals surface area contributed by atoms with Crippen LogP contribution in [0.4, 0.5) is 0 Å². The van der Waals surface area contributed by atoms with Crippen LogP contribution in [0.2, 0.25) is 0 Å². The number of hydrogen-bond acceptors (Lipinski definition) is 4. The number of aryl methyl sites for hydroxylation is 3. The van der Waals surface area contributed by atoms with E-state index in [0.29, 0.717) is 19.6 Å². The van der Waals surface area contributed by atoms with Gasteiger partial charge in [-0.3, -0.25) is 9.69 Å². The van der Waals surface area contributed by atoms with Crippen LogP contribution in [0, 0.1) is 40.7 Å². The van der Waals surface area contributed by atoms with Crippen LogP contribution >= 0.6 is 0 Å². The molecular weight excluding hydrogens is 545 g/mol. The summed E-state index contributed by atoms with van der Waals surface area (Å²) in [5, 5.41) is 12.3. The topological polar surface area (TPSA) is 43.8 Å². The molecule has 1 fully saturated rings. The van der Waals surface area contributed by atoms with Gasteiger partial charge < -0.3 is 5.21 Å². The minimum absolute atomic E-state index is 0. The number of hydroxylamine groups is 2. The van der Waals surface area contributed by atoms with Crippen molar-refractivity contribution >= 4 is 17.9 Å². The van der Waals surface area contributed by atoms with E-state index in [-0.39, 0.29) is 38.5 Å². The first kappa shape index (κ1) is 30.8. The zero-order chi connectivity index (χ0) is 27.3. The molecule has 0 saturated carbocycles. The molecule has 4 rings (SSSR count). The van der Waals surface area contributed by atoms with Crippen LogP contribution < -0.4 is 0 Å². The van der Waals surface area contributed by atoms with E-state index in [4.69, 9.17) is 0 Å². The van der Waals surface area contributed by atoms with Gasteiger partial charge in [0.15, 0.2) is 5.78 Å². The average molecular weight is 587 g/mol. The van der Waals surface area contributed by atoms with Gasteiger partial charge in [-0.2, -0.15) is 34.4 Å². The fourth-order valence-corrected chi connectivity index (χ4v) is 5.64. The Kier molecular flexibility index (Phi) is 9.28. The maximum atomic E-state index is 13.8. The first-order chi connectivity index (χ1) is 17.2. The van der Waals surface area contributed by atoms with E-state index in [1.165, 1.54) is 21.8 Å². The summed E-state index contributed by atoms with van der Waals surface area (Å²) in [6.45, 7) is 20.4. The van der Waals surface area contributed by atoms with Gasteiger partial charge in [0.2, 0.25) is 0 Å². The maximum absolute atomic E-state index is 13.8. The summed E-state index contributed by atoms with van der Waals surface area (Å²) in [6, 6.07) is 11.8. The normalized spacial score (nSPS) is 21.6. The number of ketones is 1. The Labute approximate surface area is 254 Å². The molecule has 4 nitrogen and oxygen atoms in total. The number of rotatable bonds is 4. The molecule has 0 aliphatic carbocycles. The van der Waals surface area contributed by atoms with Gasteiger partial charge in [0.25, 0.3) is 0 Å². The van der Waals surface area contributed by atoms with Crippen LogP contribution in [0.5, 0.6) is 0 Å². The summed E-state index contributed by atoms with van der Waals surface area (Å²) < 4.78 is 0. The van der Waals surface area contributed by atoms with Crippen LogP contribution in [-0.4, -0.2) is 51.7 Å². The third kappa shape index (κ3) is 6.05. The smallest absolute Gasteiger partial charge is 0.186 e. The quantitative estimate of drug-likeness (QED) is 0.250. The summed E-state index contributed by atoms with van der Waals surface area (Å²) in [4.78, 5) is 16.1. The van der Waals surface area contributed by atoms with E-state index < -0.39 is 11.1 Å². The molecule has 2 heterocycles. The van der Waals surface area contributed by atoms with E-state index in [1.54, 1.807) is 0 Å². The SMILES string of the molecule is Cc1[c-]c(C)c(/C=C2\CN(CC3=CC(C)(C)N(O)C3(C)C)C/C(=C\c3ccc(C)c(C)c3C)C2=O)cc1.[Y]. The number of Topliss-reactive ketones (excluding diaryl/α,β-unsaturated/α-hetero) is 1. The van der Waals surface area contributed by atoms with E-state index in [0.717, 1.165) is 39.0 Å². The minimum atomic E-state index is -0.480. The molecule has 0 atom stereocenters. The number of hydrogen-bond donors (Lipinski definition) is 1. The molecule has 0 amide bonds. The van der Waals surface area contributed by atoms with Crippen molar-refractivity contribution in [1.29, 1.82) is 0 Å². The van der Waals surface area contributed by atoms with E-state index >= 15 is 0 Å². The van der Waals surface area contributed by atoms with Gasteiger partial charge in [-0.15, -0.1) is 11.6 Å². The Morgan fingerprint density at radius 1 is 0.895 bits per heavy atom. The molecule has 0 spiro atoms. The van der Waals surface area contributed by atoms with Crippen molar-refractivity contribution in [2.45, 2.75) is 73.4 Å². The summed E-state index contributed by atoms with van der Waals surface area (Å²) >= 11 is 0. The molecule has 2 aromatic carbocycles. The Bertz CT molecular complexity index is 1350. The summed E-state index contributed by atoms with van der Waals surface area (Å²) in [6.07, 6.45) is 6.29. The molecule has 1 saturated heterocycles. The second-order valence-electron chi connectivity index (χ2n) is 12.0. The predicted molar refractivity (Wildman–Crippen MR) is 153 cm³/mol. The molecule has 0 unspecified atom stereocenters. The second kappa shape index (κ2) is 11.4. The Hall–Kier alpha value is -1.69. The average Bonchev–Trinajstić information content (AvgIpc) is 2.97. The second-order valence-corrected chi connectivity index (χ2v) is 12.0. The third-order valence-corrected chi connectivity index (χ3v) is 8.24. The monoisotopic (exact) mass is 586 g/mol. The Balaban J connectivity index is 0.00000400. The Morgan fingerprint density at radius 3 is 2.03 bits per heavy atom. The molecule has 2 aromatic rings. The van der Waals surface area contributed by atoms with Crippen molar-refractivity contribution in [3.8, 4) is 0 Å². The maximum Gasteiger partial charge on any atom is 0.186 e. The van der Waals surface area contributed by atoms with Crippen molar-refractivity contribution in [2.24, 2.45) is 0 Å². The van der Waals surface area contributed by atoms with Gasteiger partial charge in [0.1, 0.15) is 0 Å². The third-order valence-electron chi connectivity index (χ3n) is 8.24. The van der Waals surface area contributed by atoms with Crippen LogP contribution in [-0.2, 0) is 37.5 Å². The zero-order valence-corrected chi connectivity index (χ0v) is 27.3. The Morgan fingerprint density at radius 2 is 1.47 bits per heavy atom. The number of nitrogens with zero attached hydrogens (tertiary/aromatic N) is 2. The molecule has 1 radical (unpaired) electrons. The molecular formula is C33H41N2O2Y-. The molecule has 2 aliphatic rings. The molecule has 1 N–H and O–H groups in total. The van der Waals surface area contributed by atoms with Crippen LogP contribution in [0.3, 0.4) is 0 Å². The zero-order valence-electron chi connectivity index (χ0n) is 24.5. The van der Waals surface area contributed by atoms with Gasteiger partial charge in [0.05, 0.1) is 11.1 Å². The standard InChI is InChI=1S/C33H41N2O2.Y/c1-21-10-12-26(23(3)14-21)15-28-18-34(20-30-17-32(6,7)35(37)33(30,8)9)19-29(31(28)36)16-27-13-11-22(2)24(4)25(27)5;/h10-13,15-17,37H,18-20H2,1-9H3;/q-1;/b28-15+,29-16+;. The minimum Gasteiger partial charge on any atom is -0.312 e. The molecule has 38 heavy (non-hydrogen) atoms. The first-order valence-electron chi connectivity index (χ1n) is 13.2. The van der Waals surface area contributed by atoms with Crippen LogP contribution in [0.25, 0.3) is 12.2 Å². The van der Waals surface area contributed by atoms with Gasteiger partial charge in [-0.1, -0.05) is 32.1 Å². The molecule has 0 bridgehead atoms. The van der Waals surface area contributed by atoms with Gasteiger partial charge >= 0.3 is 0 Å². The van der Waals surface area contributed by atoms with Crippen molar-refractivity contribution in [3.05, 3.63) is 92.1 Å². The molecule has 199 valence electrons. The van der Waals surface area contributed by atoms with Crippen molar-refractivity contribution < 1.29 is 42.7 Å². The van der Waals surface area contributed by atoms with Gasteiger partial charge in [-0.05, 0) is 82.4 Å². The fraction of sp³-hybridized carbons (Fsp3) is 0.424. The van der Waals surface area contributed by atoms with Crippen molar-refractivity contribution in [1.82, 2.24) is 9.96 Å². The first-order valence-corrected chi connectivity index (χ1v) is 13.2. The summed E-state index contributed by atoms with van der Waals surface area (Å²) in [5.41, 5.74) is 9.83. The van der Waals surface area contributed by atoms with Crippen molar-refractivity contribution in [3.63, 3.8) is 0 Å². The predicted octanol–water partition coefficient (Wildman–Crippen LogP) is 6.57. The van der Waals surface area contributed by atoms with E-state index in [1.807, 2.05) is 39.8 Å². The van der Waals surface area contributed by atoms with Crippen molar-refractivity contribution in [2.75, 3.05) is 19.6 Å². The molecule has 2 aliphatic heterocycles. The number of piperidine rings is 1. The number of likely N-dealkylation sites (tertiary alicyclic amines) is 1.